The first-order valence-corrected chi connectivity index (χ1v) is 10.5. The van der Waals surface area contributed by atoms with Crippen molar-refractivity contribution in [1.82, 2.24) is 9.80 Å². The van der Waals surface area contributed by atoms with Crippen molar-refractivity contribution in [2.75, 3.05) is 24.6 Å². The fourth-order valence-corrected chi connectivity index (χ4v) is 5.48. The smallest absolute Gasteiger partial charge is 0.410 e. The quantitative estimate of drug-likeness (QED) is 0.738. The van der Waals surface area contributed by atoms with Gasteiger partial charge < -0.3 is 14.5 Å². The Balaban J connectivity index is 1.86. The summed E-state index contributed by atoms with van der Waals surface area (Å²) in [5.74, 6) is -0.480. The van der Waals surface area contributed by atoms with E-state index in [1.54, 1.807) is 49.9 Å². The standard InChI is InChI=1S/C18H24N2O5S/c1-18(2,3)25-17(22)20-10-9-19(14-11-26(23,24)12-15(14)20)16(21)13-7-5-4-6-8-13/h4-8,14-15H,9-12H2,1-3H3. The number of piperazine rings is 1. The van der Waals surface area contributed by atoms with Gasteiger partial charge in [-0.25, -0.2) is 13.2 Å². The molecule has 2 atom stereocenters. The molecule has 26 heavy (non-hydrogen) atoms. The van der Waals surface area contributed by atoms with Crippen molar-refractivity contribution in [2.24, 2.45) is 0 Å². The molecular weight excluding hydrogens is 356 g/mol. The highest BCUT2D eigenvalue weighted by Gasteiger charge is 2.50. The first-order valence-electron chi connectivity index (χ1n) is 8.63. The van der Waals surface area contributed by atoms with Crippen LogP contribution in [0.25, 0.3) is 0 Å². The second kappa shape index (κ2) is 6.57. The van der Waals surface area contributed by atoms with E-state index in [-0.39, 0.29) is 30.5 Å². The molecule has 0 bridgehead atoms. The molecule has 7 nitrogen and oxygen atoms in total. The average molecular weight is 380 g/mol. The van der Waals surface area contributed by atoms with E-state index in [0.29, 0.717) is 5.56 Å². The normalized spacial score (nSPS) is 24.9. The highest BCUT2D eigenvalue weighted by atomic mass is 32.2. The van der Waals surface area contributed by atoms with Gasteiger partial charge in [0.05, 0.1) is 23.6 Å². The number of carbonyl (C=O) groups is 2. The van der Waals surface area contributed by atoms with Crippen LogP contribution in [0, 0.1) is 0 Å². The molecule has 2 saturated heterocycles. The molecule has 2 aliphatic heterocycles. The van der Waals surface area contributed by atoms with Gasteiger partial charge in [-0.2, -0.15) is 0 Å². The molecular formula is C18H24N2O5S. The van der Waals surface area contributed by atoms with E-state index < -0.39 is 33.6 Å². The Morgan fingerprint density at radius 2 is 1.54 bits per heavy atom. The molecule has 0 saturated carbocycles. The number of sulfone groups is 1. The lowest BCUT2D eigenvalue weighted by Crippen LogP contribution is -2.62. The zero-order valence-corrected chi connectivity index (χ0v) is 16.0. The molecule has 8 heteroatoms. The van der Waals surface area contributed by atoms with Crippen LogP contribution in [-0.4, -0.2) is 72.5 Å². The van der Waals surface area contributed by atoms with E-state index in [1.165, 1.54) is 4.90 Å². The van der Waals surface area contributed by atoms with Crippen LogP contribution >= 0.6 is 0 Å². The highest BCUT2D eigenvalue weighted by molar-refractivity contribution is 7.91. The molecule has 0 aromatic heterocycles. The predicted molar refractivity (Wildman–Crippen MR) is 96.6 cm³/mol. The lowest BCUT2D eigenvalue weighted by Gasteiger charge is -2.43. The Hall–Kier alpha value is -2.09. The number of amides is 2. The van der Waals surface area contributed by atoms with Crippen molar-refractivity contribution in [2.45, 2.75) is 38.5 Å². The molecule has 2 heterocycles. The minimum absolute atomic E-state index is 0.129. The minimum Gasteiger partial charge on any atom is -0.444 e. The van der Waals surface area contributed by atoms with Crippen LogP contribution in [0.1, 0.15) is 31.1 Å². The van der Waals surface area contributed by atoms with Gasteiger partial charge in [0.2, 0.25) is 0 Å². The van der Waals surface area contributed by atoms with Crippen LogP contribution < -0.4 is 0 Å². The van der Waals surface area contributed by atoms with Crippen LogP contribution in [0.15, 0.2) is 30.3 Å². The SMILES string of the molecule is CC(C)(C)OC(=O)N1CCN(C(=O)c2ccccc2)C2CS(=O)(=O)CC21. The van der Waals surface area contributed by atoms with Crippen LogP contribution in [0.5, 0.6) is 0 Å². The summed E-state index contributed by atoms with van der Waals surface area (Å²) >= 11 is 0. The molecule has 0 aliphatic carbocycles. The van der Waals surface area contributed by atoms with Crippen molar-refractivity contribution in [3.8, 4) is 0 Å². The van der Waals surface area contributed by atoms with Crippen LogP contribution in [-0.2, 0) is 14.6 Å². The van der Waals surface area contributed by atoms with Gasteiger partial charge in [0.25, 0.3) is 5.91 Å². The summed E-state index contributed by atoms with van der Waals surface area (Å²) in [6.07, 6.45) is -0.531. The van der Waals surface area contributed by atoms with Crippen LogP contribution in [0.4, 0.5) is 4.79 Å². The summed E-state index contributed by atoms with van der Waals surface area (Å²) in [6, 6.07) is 7.66. The number of carbonyl (C=O) groups excluding carboxylic acids is 2. The van der Waals surface area contributed by atoms with E-state index in [2.05, 4.69) is 0 Å². The summed E-state index contributed by atoms with van der Waals surface area (Å²) in [7, 11) is -3.33. The van der Waals surface area contributed by atoms with E-state index in [1.807, 2.05) is 6.07 Å². The molecule has 0 spiro atoms. The maximum absolute atomic E-state index is 12.9. The van der Waals surface area contributed by atoms with Crippen LogP contribution in [0.2, 0.25) is 0 Å². The Bertz CT molecular complexity index is 801. The third-order valence-corrected chi connectivity index (χ3v) is 6.28. The zero-order valence-electron chi connectivity index (χ0n) is 15.2. The molecule has 0 N–H and O–H groups in total. The topological polar surface area (TPSA) is 84.0 Å². The molecule has 0 radical (unpaired) electrons. The summed E-state index contributed by atoms with van der Waals surface area (Å²) in [5.41, 5.74) is -0.151. The van der Waals surface area contributed by atoms with Crippen molar-refractivity contribution in [3.63, 3.8) is 0 Å². The first kappa shape index (κ1) is 18.7. The number of rotatable bonds is 1. The Morgan fingerprint density at radius 3 is 2.12 bits per heavy atom. The Morgan fingerprint density at radius 1 is 1.00 bits per heavy atom. The molecule has 142 valence electrons. The van der Waals surface area contributed by atoms with E-state index >= 15 is 0 Å². The second-order valence-corrected chi connectivity index (χ2v) is 9.90. The van der Waals surface area contributed by atoms with Gasteiger partial charge in [0.1, 0.15) is 5.60 Å². The first-order chi connectivity index (χ1) is 12.1. The van der Waals surface area contributed by atoms with Gasteiger partial charge in [0.15, 0.2) is 9.84 Å². The molecule has 2 unspecified atom stereocenters. The van der Waals surface area contributed by atoms with E-state index in [0.717, 1.165) is 0 Å². The molecule has 2 aliphatic rings. The average Bonchev–Trinajstić information content (AvgIpc) is 2.87. The number of ether oxygens (including phenoxy) is 1. The number of fused-ring (bicyclic) bond motifs is 1. The molecule has 2 fully saturated rings. The summed E-state index contributed by atoms with van der Waals surface area (Å²) in [4.78, 5) is 28.4. The lowest BCUT2D eigenvalue weighted by molar-refractivity contribution is -0.00693. The van der Waals surface area contributed by atoms with Crippen LogP contribution in [0.3, 0.4) is 0 Å². The largest absolute Gasteiger partial charge is 0.444 e. The number of nitrogens with zero attached hydrogens (tertiary/aromatic N) is 2. The molecule has 2 amide bonds. The van der Waals surface area contributed by atoms with Crippen molar-refractivity contribution in [3.05, 3.63) is 35.9 Å². The van der Waals surface area contributed by atoms with E-state index in [4.69, 9.17) is 4.74 Å². The van der Waals surface area contributed by atoms with Gasteiger partial charge in [-0.05, 0) is 32.9 Å². The van der Waals surface area contributed by atoms with Gasteiger partial charge in [-0.3, -0.25) is 4.79 Å². The van der Waals surface area contributed by atoms with E-state index in [9.17, 15) is 18.0 Å². The molecule has 1 aromatic rings. The molecule has 3 rings (SSSR count). The Labute approximate surface area is 153 Å². The second-order valence-electron chi connectivity index (χ2n) is 7.75. The highest BCUT2D eigenvalue weighted by Crippen LogP contribution is 2.29. The monoisotopic (exact) mass is 380 g/mol. The maximum Gasteiger partial charge on any atom is 0.410 e. The van der Waals surface area contributed by atoms with Gasteiger partial charge in [-0.15, -0.1) is 0 Å². The summed E-state index contributed by atoms with van der Waals surface area (Å²) in [6.45, 7) is 5.84. The maximum atomic E-state index is 12.9. The predicted octanol–water partition coefficient (Wildman–Crippen LogP) is 1.55. The molecule has 1 aromatic carbocycles. The third-order valence-electron chi connectivity index (χ3n) is 4.59. The lowest BCUT2D eigenvalue weighted by atomic mass is 10.0. The van der Waals surface area contributed by atoms with Crippen molar-refractivity contribution >= 4 is 21.8 Å². The van der Waals surface area contributed by atoms with Gasteiger partial charge in [0, 0.05) is 18.7 Å². The Kier molecular flexibility index (Phi) is 4.72. The zero-order chi connectivity index (χ0) is 19.1. The fraction of sp³-hybridized carbons (Fsp3) is 0.556. The number of hydrogen-bond donors (Lipinski definition) is 0. The summed E-state index contributed by atoms with van der Waals surface area (Å²) in [5, 5.41) is 0. The number of benzene rings is 1. The van der Waals surface area contributed by atoms with Crippen molar-refractivity contribution < 1.29 is 22.7 Å². The minimum atomic E-state index is -3.33. The van der Waals surface area contributed by atoms with Gasteiger partial charge >= 0.3 is 6.09 Å². The third kappa shape index (κ3) is 3.85. The summed E-state index contributed by atoms with van der Waals surface area (Å²) < 4.78 is 29.9. The van der Waals surface area contributed by atoms with Crippen molar-refractivity contribution in [1.29, 1.82) is 0 Å². The van der Waals surface area contributed by atoms with Gasteiger partial charge in [-0.1, -0.05) is 18.2 Å². The fourth-order valence-electron chi connectivity index (χ4n) is 3.50. The number of hydrogen-bond acceptors (Lipinski definition) is 5.